The van der Waals surface area contributed by atoms with Crippen LogP contribution in [0.2, 0.25) is 0 Å². The smallest absolute Gasteiger partial charge is 0.238 e. The first-order valence-corrected chi connectivity index (χ1v) is 11.8. The Morgan fingerprint density at radius 1 is 0.900 bits per heavy atom. The maximum atomic E-state index is 12.3. The number of nitrogens with one attached hydrogen (secondary N) is 2. The molecule has 4 N–H and O–H groups in total. The van der Waals surface area contributed by atoms with E-state index in [0.717, 1.165) is 12.1 Å². The minimum Gasteiger partial charge on any atom is -0.387 e. The van der Waals surface area contributed by atoms with Gasteiger partial charge in [-0.25, -0.2) is 0 Å². The second-order valence-corrected chi connectivity index (χ2v) is 8.79. The van der Waals surface area contributed by atoms with Gasteiger partial charge in [0, 0.05) is 5.69 Å². The number of hydrogen-bond acceptors (Lipinski definition) is 2. The van der Waals surface area contributed by atoms with Gasteiger partial charge in [0.15, 0.2) is 0 Å². The van der Waals surface area contributed by atoms with Crippen molar-refractivity contribution >= 4 is 29.8 Å². The molecule has 1 aliphatic carbocycles. The fourth-order valence-electron chi connectivity index (χ4n) is 3.92. The maximum Gasteiger partial charge on any atom is 0.238 e. The number of rotatable bonds is 16. The summed E-state index contributed by atoms with van der Waals surface area (Å²) in [4.78, 5) is 12.3. The molecule has 1 aliphatic rings. The van der Waals surface area contributed by atoms with Crippen molar-refractivity contribution in [3.63, 3.8) is 0 Å². The number of amidine groups is 1. The van der Waals surface area contributed by atoms with Gasteiger partial charge in [0.1, 0.15) is 11.3 Å². The Labute approximate surface area is 189 Å². The molecule has 30 heavy (non-hydrogen) atoms. The molecule has 1 aromatic rings. The van der Waals surface area contributed by atoms with Crippen LogP contribution in [0.3, 0.4) is 0 Å². The molecule has 0 saturated heterocycles. The van der Waals surface area contributed by atoms with Crippen LogP contribution in [0, 0.1) is 10.8 Å². The molecule has 1 fully saturated rings. The molecule has 4 nitrogen and oxygen atoms in total. The quantitative estimate of drug-likeness (QED) is 0.148. The van der Waals surface area contributed by atoms with Gasteiger partial charge < -0.3 is 11.1 Å². The van der Waals surface area contributed by atoms with Crippen molar-refractivity contribution in [1.29, 1.82) is 5.41 Å². The molecular formula is C25H42ClN3O. The highest BCUT2D eigenvalue weighted by molar-refractivity contribution is 6.13. The summed E-state index contributed by atoms with van der Waals surface area (Å²) < 4.78 is 0. The highest BCUT2D eigenvalue weighted by Crippen LogP contribution is 2.46. The van der Waals surface area contributed by atoms with Crippen LogP contribution >= 0.6 is 12.4 Å². The van der Waals surface area contributed by atoms with Crippen LogP contribution in [0.5, 0.6) is 0 Å². The lowest BCUT2D eigenvalue weighted by Gasteiger charge is -2.13. The minimum absolute atomic E-state index is 0. The topological polar surface area (TPSA) is 79.0 Å². The first-order chi connectivity index (χ1) is 14.1. The van der Waals surface area contributed by atoms with Crippen molar-refractivity contribution in [3.05, 3.63) is 29.8 Å². The largest absolute Gasteiger partial charge is 0.387 e. The molecule has 0 unspecified atom stereocenters. The van der Waals surface area contributed by atoms with Crippen LogP contribution < -0.4 is 11.1 Å². The fraction of sp³-hybridized carbons (Fsp3) is 0.680. The van der Waals surface area contributed by atoms with Gasteiger partial charge >= 0.3 is 0 Å². The van der Waals surface area contributed by atoms with Gasteiger partial charge in [-0.05, 0) is 43.4 Å². The van der Waals surface area contributed by atoms with Crippen LogP contribution in [0.15, 0.2) is 24.3 Å². The van der Waals surface area contributed by atoms with E-state index in [1.54, 1.807) is 0 Å². The summed E-state index contributed by atoms with van der Waals surface area (Å²) in [6.45, 7) is 2.27. The van der Waals surface area contributed by atoms with Gasteiger partial charge in [-0.2, -0.15) is 0 Å². The Morgan fingerprint density at radius 2 is 1.37 bits per heavy atom. The van der Waals surface area contributed by atoms with Crippen molar-refractivity contribution in [3.8, 4) is 0 Å². The molecule has 0 aromatic heterocycles. The predicted molar refractivity (Wildman–Crippen MR) is 131 cm³/mol. The normalized spacial score (nSPS) is 14.0. The predicted octanol–water partition coefficient (Wildman–Crippen LogP) is 7.01. The summed E-state index contributed by atoms with van der Waals surface area (Å²) in [6, 6.07) is 8.12. The highest BCUT2D eigenvalue weighted by atomic mass is 35.5. The second-order valence-electron chi connectivity index (χ2n) is 8.79. The zero-order valence-electron chi connectivity index (χ0n) is 18.8. The maximum absolute atomic E-state index is 12.3. The number of unbranched alkanes of at least 4 members (excludes halogenated alkanes) is 11. The molecule has 0 spiro atoms. The third kappa shape index (κ3) is 9.07. The minimum atomic E-state index is -0.742. The van der Waals surface area contributed by atoms with Gasteiger partial charge in [0.05, 0.1) is 0 Å². The number of carbonyl (C=O) groups is 1. The molecule has 170 valence electrons. The molecule has 0 atom stereocenters. The van der Waals surface area contributed by atoms with Gasteiger partial charge in [-0.1, -0.05) is 89.7 Å². The van der Waals surface area contributed by atoms with Crippen LogP contribution in [0.4, 0.5) is 5.69 Å². The van der Waals surface area contributed by atoms with E-state index in [1.807, 2.05) is 12.1 Å². The van der Waals surface area contributed by atoms with Gasteiger partial charge in [-0.15, -0.1) is 12.4 Å². The summed E-state index contributed by atoms with van der Waals surface area (Å²) >= 11 is 0. The Bertz CT molecular complexity index is 626. The Hall–Kier alpha value is -1.55. The summed E-state index contributed by atoms with van der Waals surface area (Å²) in [5, 5.41) is 10.5. The summed E-state index contributed by atoms with van der Waals surface area (Å²) in [5.74, 6) is -0.155. The van der Waals surface area contributed by atoms with E-state index in [1.165, 1.54) is 82.6 Å². The number of anilines is 1. The summed E-state index contributed by atoms with van der Waals surface area (Å²) in [7, 11) is 0. The molecular weight excluding hydrogens is 394 g/mol. The van der Waals surface area contributed by atoms with E-state index in [2.05, 4.69) is 24.4 Å². The van der Waals surface area contributed by atoms with Crippen LogP contribution in [-0.2, 0) is 11.2 Å². The molecule has 0 radical (unpaired) electrons. The average Bonchev–Trinajstić information content (AvgIpc) is 3.52. The van der Waals surface area contributed by atoms with E-state index < -0.39 is 5.41 Å². The number of benzene rings is 1. The Balaban J connectivity index is 0.00000450. The third-order valence-corrected chi connectivity index (χ3v) is 6.23. The van der Waals surface area contributed by atoms with Crippen LogP contribution in [0.1, 0.15) is 102 Å². The first kappa shape index (κ1) is 26.5. The van der Waals surface area contributed by atoms with E-state index in [0.29, 0.717) is 12.8 Å². The molecule has 5 heteroatoms. The van der Waals surface area contributed by atoms with Crippen molar-refractivity contribution in [2.75, 3.05) is 5.32 Å². The van der Waals surface area contributed by atoms with Gasteiger partial charge in [-0.3, -0.25) is 10.2 Å². The molecule has 1 amide bonds. The van der Waals surface area contributed by atoms with Crippen molar-refractivity contribution < 1.29 is 4.79 Å². The number of nitrogens with two attached hydrogens (primary N) is 1. The van der Waals surface area contributed by atoms with Crippen molar-refractivity contribution in [2.24, 2.45) is 11.1 Å². The standard InChI is InChI=1S/C25H41N3O.ClH/c1-2-3-4-5-6-7-8-9-10-11-12-13-14-21-15-17-22(18-16-21)28-24(29)25(19-20-25)23(26)27;/h15-18H,2-14,19-20H2,1H3,(H3,26,27)(H,28,29);1H. The Kier molecular flexibility index (Phi) is 12.8. The zero-order valence-corrected chi connectivity index (χ0v) is 19.6. The molecule has 1 aromatic carbocycles. The second kappa shape index (κ2) is 14.5. The molecule has 0 aliphatic heterocycles. The number of halogens is 1. The Morgan fingerprint density at radius 3 is 1.80 bits per heavy atom. The number of carbonyl (C=O) groups excluding carboxylic acids is 1. The van der Waals surface area contributed by atoms with Gasteiger partial charge in [0.2, 0.25) is 5.91 Å². The molecule has 1 saturated carbocycles. The third-order valence-electron chi connectivity index (χ3n) is 6.23. The zero-order chi connectivity index (χ0) is 21.0. The number of hydrogen-bond donors (Lipinski definition) is 3. The molecule has 0 heterocycles. The summed E-state index contributed by atoms with van der Waals surface area (Å²) in [6.07, 6.45) is 18.9. The van der Waals surface area contributed by atoms with E-state index in [-0.39, 0.29) is 24.1 Å². The van der Waals surface area contributed by atoms with Crippen molar-refractivity contribution in [1.82, 2.24) is 0 Å². The summed E-state index contributed by atoms with van der Waals surface area (Å²) in [5.41, 5.74) is 6.94. The van der Waals surface area contributed by atoms with E-state index >= 15 is 0 Å². The monoisotopic (exact) mass is 435 g/mol. The lowest BCUT2D eigenvalue weighted by molar-refractivity contribution is -0.119. The van der Waals surface area contributed by atoms with E-state index in [9.17, 15) is 4.79 Å². The highest BCUT2D eigenvalue weighted by Gasteiger charge is 2.53. The number of amides is 1. The van der Waals surface area contributed by atoms with Crippen LogP contribution in [-0.4, -0.2) is 11.7 Å². The SMILES string of the molecule is CCCCCCCCCCCCCCc1ccc(NC(=O)C2(C(=N)N)CC2)cc1.Cl. The number of aryl methyl sites for hydroxylation is 1. The van der Waals surface area contributed by atoms with Gasteiger partial charge in [0.25, 0.3) is 0 Å². The average molecular weight is 436 g/mol. The lowest BCUT2D eigenvalue weighted by Crippen LogP contribution is -2.35. The first-order valence-electron chi connectivity index (χ1n) is 11.8. The molecule has 2 rings (SSSR count). The molecule has 0 bridgehead atoms. The van der Waals surface area contributed by atoms with Crippen molar-refractivity contribution in [2.45, 2.75) is 103 Å². The van der Waals surface area contributed by atoms with Crippen LogP contribution in [0.25, 0.3) is 0 Å². The lowest BCUT2D eigenvalue weighted by atomic mass is 10.0. The fourth-order valence-corrected chi connectivity index (χ4v) is 3.92. The van der Waals surface area contributed by atoms with E-state index in [4.69, 9.17) is 11.1 Å².